The van der Waals surface area contributed by atoms with E-state index in [1.165, 1.54) is 18.2 Å². The van der Waals surface area contributed by atoms with Gasteiger partial charge in [-0.3, -0.25) is 0 Å². The molecule has 0 heterocycles. The van der Waals surface area contributed by atoms with Crippen LogP contribution in [0.25, 0.3) is 0 Å². The molecule has 0 aliphatic rings. The highest BCUT2D eigenvalue weighted by Gasteiger charge is 2.03. The second kappa shape index (κ2) is 5.40. The molecule has 0 atom stereocenters. The number of phenols is 1. The Morgan fingerprint density at radius 1 is 1.21 bits per heavy atom. The number of aromatic hydroxyl groups is 1. The van der Waals surface area contributed by atoms with E-state index >= 15 is 0 Å². The van der Waals surface area contributed by atoms with Crippen molar-refractivity contribution in [3.05, 3.63) is 58.9 Å². The fraction of sp³-hybridized carbons (Fsp3) is 0.133. The van der Waals surface area contributed by atoms with E-state index in [0.717, 1.165) is 5.56 Å². The number of benzene rings is 2. The van der Waals surface area contributed by atoms with Gasteiger partial charge in [-0.2, -0.15) is 5.26 Å². The van der Waals surface area contributed by atoms with Gasteiger partial charge in [0, 0.05) is 6.07 Å². The predicted molar refractivity (Wildman–Crippen MR) is 68.3 cm³/mol. The third-order valence-electron chi connectivity index (χ3n) is 2.53. The summed E-state index contributed by atoms with van der Waals surface area (Å²) in [6, 6.07) is 10.8. The van der Waals surface area contributed by atoms with Gasteiger partial charge in [0.25, 0.3) is 0 Å². The molecule has 0 aliphatic heterocycles. The summed E-state index contributed by atoms with van der Waals surface area (Å²) in [7, 11) is 0. The van der Waals surface area contributed by atoms with Gasteiger partial charge in [-0.25, -0.2) is 4.39 Å². The zero-order valence-electron chi connectivity index (χ0n) is 10.4. The number of aryl methyl sites for hydroxylation is 1. The maximum Gasteiger partial charge on any atom is 0.124 e. The Morgan fingerprint density at radius 2 is 2.00 bits per heavy atom. The number of halogens is 1. The van der Waals surface area contributed by atoms with Crippen LogP contribution in [0.2, 0.25) is 0 Å². The van der Waals surface area contributed by atoms with Crippen LogP contribution in [0.5, 0.6) is 11.5 Å². The summed E-state index contributed by atoms with van der Waals surface area (Å²) in [5.74, 6) is 0.150. The molecule has 0 bridgehead atoms. The van der Waals surface area contributed by atoms with E-state index in [9.17, 15) is 9.50 Å². The normalized spacial score (nSPS) is 9.95. The number of phenolic OH excluding ortho intramolecular Hbond substituents is 1. The van der Waals surface area contributed by atoms with Gasteiger partial charge in [0.15, 0.2) is 0 Å². The second-order valence-electron chi connectivity index (χ2n) is 4.25. The Hall–Kier alpha value is -2.54. The SMILES string of the molecule is Cc1cc(O)cc(OCc2cc(F)cc(C#N)c2)c1. The van der Waals surface area contributed by atoms with E-state index < -0.39 is 5.82 Å². The van der Waals surface area contributed by atoms with E-state index in [0.29, 0.717) is 11.3 Å². The summed E-state index contributed by atoms with van der Waals surface area (Å²) in [5, 5.41) is 18.2. The van der Waals surface area contributed by atoms with Crippen LogP contribution in [0, 0.1) is 24.1 Å². The summed E-state index contributed by atoms with van der Waals surface area (Å²) in [4.78, 5) is 0. The lowest BCUT2D eigenvalue weighted by Crippen LogP contribution is -1.97. The van der Waals surface area contributed by atoms with Crippen molar-refractivity contribution in [2.24, 2.45) is 0 Å². The largest absolute Gasteiger partial charge is 0.508 e. The molecule has 1 N–H and O–H groups in total. The van der Waals surface area contributed by atoms with Gasteiger partial charge in [-0.15, -0.1) is 0 Å². The van der Waals surface area contributed by atoms with Gasteiger partial charge in [-0.1, -0.05) is 0 Å². The second-order valence-corrected chi connectivity index (χ2v) is 4.25. The van der Waals surface area contributed by atoms with Crippen LogP contribution in [-0.2, 0) is 6.61 Å². The summed E-state index contributed by atoms with van der Waals surface area (Å²) < 4.78 is 18.7. The molecule has 2 rings (SSSR count). The summed E-state index contributed by atoms with van der Waals surface area (Å²) in [5.41, 5.74) is 1.69. The molecule has 4 heteroatoms. The monoisotopic (exact) mass is 257 g/mol. The molecular weight excluding hydrogens is 245 g/mol. The van der Waals surface area contributed by atoms with E-state index in [2.05, 4.69) is 0 Å². The minimum Gasteiger partial charge on any atom is -0.508 e. The average Bonchev–Trinajstić information content (AvgIpc) is 2.34. The fourth-order valence-corrected chi connectivity index (χ4v) is 1.78. The average molecular weight is 257 g/mol. The first-order valence-corrected chi connectivity index (χ1v) is 5.70. The molecule has 0 radical (unpaired) electrons. The van der Waals surface area contributed by atoms with Crippen LogP contribution in [0.15, 0.2) is 36.4 Å². The van der Waals surface area contributed by atoms with Crippen molar-refractivity contribution in [2.45, 2.75) is 13.5 Å². The smallest absolute Gasteiger partial charge is 0.124 e. The van der Waals surface area contributed by atoms with Crippen LogP contribution >= 0.6 is 0 Å². The standard InChI is InChI=1S/C15H12FNO2/c1-10-2-14(18)7-15(3-10)19-9-12-4-11(8-17)5-13(16)6-12/h2-7,18H,9H2,1H3. The summed E-state index contributed by atoms with van der Waals surface area (Å²) in [6.07, 6.45) is 0. The number of rotatable bonds is 3. The Kier molecular flexibility index (Phi) is 3.67. The fourth-order valence-electron chi connectivity index (χ4n) is 1.78. The molecule has 0 saturated heterocycles. The highest BCUT2D eigenvalue weighted by Crippen LogP contribution is 2.22. The van der Waals surface area contributed by atoms with Gasteiger partial charge >= 0.3 is 0 Å². The predicted octanol–water partition coefficient (Wildman–Crippen LogP) is 3.29. The molecule has 0 fully saturated rings. The van der Waals surface area contributed by atoms with Crippen molar-refractivity contribution < 1.29 is 14.2 Å². The minimum atomic E-state index is -0.468. The van der Waals surface area contributed by atoms with Gasteiger partial charge < -0.3 is 9.84 Å². The topological polar surface area (TPSA) is 53.2 Å². The van der Waals surface area contributed by atoms with Crippen molar-refractivity contribution in [3.8, 4) is 17.6 Å². The Morgan fingerprint density at radius 3 is 2.68 bits per heavy atom. The van der Waals surface area contributed by atoms with E-state index in [4.69, 9.17) is 10.00 Å². The van der Waals surface area contributed by atoms with E-state index in [1.54, 1.807) is 18.2 Å². The molecule has 3 nitrogen and oxygen atoms in total. The Labute approximate surface area is 110 Å². The van der Waals surface area contributed by atoms with Gasteiger partial charge in [0.2, 0.25) is 0 Å². The first kappa shape index (κ1) is 12.9. The number of hydrogen-bond acceptors (Lipinski definition) is 3. The van der Waals surface area contributed by atoms with Crippen LogP contribution < -0.4 is 4.74 Å². The molecule has 2 aromatic carbocycles. The highest BCUT2D eigenvalue weighted by molar-refractivity contribution is 5.37. The van der Waals surface area contributed by atoms with Gasteiger partial charge in [0.1, 0.15) is 23.9 Å². The quantitative estimate of drug-likeness (QED) is 0.917. The van der Waals surface area contributed by atoms with Crippen molar-refractivity contribution in [3.63, 3.8) is 0 Å². The van der Waals surface area contributed by atoms with E-state index in [-0.39, 0.29) is 17.9 Å². The number of nitriles is 1. The highest BCUT2D eigenvalue weighted by atomic mass is 19.1. The molecule has 0 spiro atoms. The molecule has 2 aromatic rings. The lowest BCUT2D eigenvalue weighted by atomic mass is 10.1. The maximum atomic E-state index is 13.2. The first-order chi connectivity index (χ1) is 9.06. The van der Waals surface area contributed by atoms with Crippen molar-refractivity contribution in [1.29, 1.82) is 5.26 Å². The molecular formula is C15H12FNO2. The molecule has 96 valence electrons. The molecule has 19 heavy (non-hydrogen) atoms. The third-order valence-corrected chi connectivity index (χ3v) is 2.53. The Balaban J connectivity index is 2.14. The summed E-state index contributed by atoms with van der Waals surface area (Å²) in [6.45, 7) is 1.97. The molecule has 0 unspecified atom stereocenters. The third kappa shape index (κ3) is 3.46. The molecule has 0 aliphatic carbocycles. The Bertz CT molecular complexity index is 627. The van der Waals surface area contributed by atoms with Gasteiger partial charge in [-0.05, 0) is 48.4 Å². The molecule has 0 saturated carbocycles. The zero-order chi connectivity index (χ0) is 13.8. The summed E-state index contributed by atoms with van der Waals surface area (Å²) >= 11 is 0. The van der Waals surface area contributed by atoms with Crippen molar-refractivity contribution in [2.75, 3.05) is 0 Å². The lowest BCUT2D eigenvalue weighted by molar-refractivity contribution is 0.303. The van der Waals surface area contributed by atoms with E-state index in [1.807, 2.05) is 13.0 Å². The molecule has 0 amide bonds. The maximum absolute atomic E-state index is 13.2. The number of nitrogens with zero attached hydrogens (tertiary/aromatic N) is 1. The van der Waals surface area contributed by atoms with Crippen molar-refractivity contribution >= 4 is 0 Å². The number of hydrogen-bond donors (Lipinski definition) is 1. The number of ether oxygens (including phenoxy) is 1. The minimum absolute atomic E-state index is 0.118. The van der Waals surface area contributed by atoms with Crippen molar-refractivity contribution in [1.82, 2.24) is 0 Å². The van der Waals surface area contributed by atoms with Crippen LogP contribution in [-0.4, -0.2) is 5.11 Å². The van der Waals surface area contributed by atoms with Crippen LogP contribution in [0.3, 0.4) is 0 Å². The first-order valence-electron chi connectivity index (χ1n) is 5.70. The van der Waals surface area contributed by atoms with Gasteiger partial charge in [0.05, 0.1) is 11.6 Å². The van der Waals surface area contributed by atoms with Crippen LogP contribution in [0.4, 0.5) is 4.39 Å². The zero-order valence-corrected chi connectivity index (χ0v) is 10.4. The van der Waals surface area contributed by atoms with Crippen LogP contribution in [0.1, 0.15) is 16.7 Å². The lowest BCUT2D eigenvalue weighted by Gasteiger charge is -2.08. The molecule has 0 aromatic heterocycles.